The van der Waals surface area contributed by atoms with Gasteiger partial charge in [0.15, 0.2) is 6.10 Å². The minimum atomic E-state index is -4.61. The van der Waals surface area contributed by atoms with Gasteiger partial charge < -0.3 is 27.9 Å². The highest BCUT2D eigenvalue weighted by Gasteiger charge is 2.21. The number of rotatable bonds is 35. The first-order valence-corrected chi connectivity index (χ1v) is 21.9. The smallest absolute Gasteiger partial charge is 0.306 e. The molecule has 0 saturated heterocycles. The van der Waals surface area contributed by atoms with E-state index in [1.807, 2.05) is 21.1 Å². The molecule has 0 heterocycles. The molecule has 1 unspecified atom stereocenters. The fourth-order valence-electron chi connectivity index (χ4n) is 6.22. The number of unbranched alkanes of at least 4 members (excludes halogenated alkanes) is 19. The zero-order valence-electron chi connectivity index (χ0n) is 32.7. The molecule has 0 aromatic carbocycles. The Bertz CT molecular complexity index is 922. The van der Waals surface area contributed by atoms with Gasteiger partial charge in [-0.05, 0) is 38.0 Å². The summed E-state index contributed by atoms with van der Waals surface area (Å²) in [5.74, 6) is -0.0171. The summed E-state index contributed by atoms with van der Waals surface area (Å²) >= 11 is 0. The lowest BCUT2D eigenvalue weighted by Gasteiger charge is -2.28. The monoisotopic (exact) mass is 730 g/mol. The molecular weight excluding hydrogens is 653 g/mol. The van der Waals surface area contributed by atoms with Crippen LogP contribution in [0.4, 0.5) is 0 Å². The average Bonchev–Trinajstić information content (AvgIpc) is 3.58. The molecule has 1 aliphatic rings. The van der Waals surface area contributed by atoms with Crippen LogP contribution in [-0.2, 0) is 32.7 Å². The van der Waals surface area contributed by atoms with E-state index in [0.717, 1.165) is 38.0 Å². The number of phosphoric ester groups is 1. The predicted molar refractivity (Wildman–Crippen MR) is 202 cm³/mol. The first-order chi connectivity index (χ1) is 24.0. The lowest BCUT2D eigenvalue weighted by molar-refractivity contribution is -0.870. The maximum absolute atomic E-state index is 12.6. The molecule has 0 amide bonds. The molecule has 0 N–H and O–H groups in total. The summed E-state index contributed by atoms with van der Waals surface area (Å²) in [7, 11) is 1.18. The molecule has 0 saturated carbocycles. The first-order valence-electron chi connectivity index (χ1n) is 20.4. The van der Waals surface area contributed by atoms with Crippen molar-refractivity contribution in [2.75, 3.05) is 47.5 Å². The molecule has 9 nitrogen and oxygen atoms in total. The van der Waals surface area contributed by atoms with E-state index in [2.05, 4.69) is 19.1 Å². The van der Waals surface area contributed by atoms with Gasteiger partial charge in [0.2, 0.25) is 0 Å². The standard InChI is InChI=1S/C40H76NO8P/c1-5-6-7-8-9-10-11-12-13-14-19-22-25-32-40(43)49-38(36-48-50(44,45)47-34-33-41(2,3)4)35-46-39(42)31-24-21-18-16-15-17-20-23-28-37-29-26-27-30-37/h26,29,37-38H,5-25,27-28,30-36H2,1-4H3/t37-,38+/m0/s1. The Kier molecular flexibility index (Phi) is 28.3. The number of allylic oxidation sites excluding steroid dienone is 2. The Morgan fingerprint density at radius 1 is 0.720 bits per heavy atom. The van der Waals surface area contributed by atoms with Crippen LogP contribution in [0.15, 0.2) is 12.2 Å². The number of likely N-dealkylation sites (N-methyl/N-ethyl adjacent to an activating group) is 1. The molecule has 0 radical (unpaired) electrons. The average molecular weight is 730 g/mol. The van der Waals surface area contributed by atoms with Crippen LogP contribution in [-0.4, -0.2) is 70.0 Å². The van der Waals surface area contributed by atoms with Crippen molar-refractivity contribution < 1.29 is 42.1 Å². The fourth-order valence-corrected chi connectivity index (χ4v) is 6.95. The molecule has 1 rings (SSSR count). The van der Waals surface area contributed by atoms with Crippen molar-refractivity contribution in [2.45, 2.75) is 180 Å². The molecule has 10 heteroatoms. The van der Waals surface area contributed by atoms with E-state index in [0.29, 0.717) is 17.4 Å². The fraction of sp³-hybridized carbons (Fsp3) is 0.900. The van der Waals surface area contributed by atoms with Gasteiger partial charge in [-0.3, -0.25) is 14.2 Å². The largest absolute Gasteiger partial charge is 0.756 e. The van der Waals surface area contributed by atoms with Gasteiger partial charge in [-0.2, -0.15) is 0 Å². The van der Waals surface area contributed by atoms with Crippen LogP contribution in [0.1, 0.15) is 174 Å². The highest BCUT2D eigenvalue weighted by atomic mass is 31.2. The van der Waals surface area contributed by atoms with Gasteiger partial charge >= 0.3 is 11.9 Å². The van der Waals surface area contributed by atoms with Gasteiger partial charge in [0.1, 0.15) is 19.8 Å². The molecule has 0 spiro atoms. The number of esters is 2. The zero-order chi connectivity index (χ0) is 36.8. The van der Waals surface area contributed by atoms with Crippen LogP contribution in [0.3, 0.4) is 0 Å². The van der Waals surface area contributed by atoms with Crippen LogP contribution in [0.2, 0.25) is 0 Å². The molecule has 50 heavy (non-hydrogen) atoms. The Labute approximate surface area is 306 Å². The number of phosphoric acid groups is 1. The Morgan fingerprint density at radius 3 is 1.72 bits per heavy atom. The molecular formula is C40H76NO8P. The first kappa shape index (κ1) is 46.8. The minimum Gasteiger partial charge on any atom is -0.756 e. The summed E-state index contributed by atoms with van der Waals surface area (Å²) < 4.78 is 33.8. The third kappa shape index (κ3) is 30.4. The van der Waals surface area contributed by atoms with Crippen molar-refractivity contribution in [2.24, 2.45) is 5.92 Å². The number of hydrogen-bond acceptors (Lipinski definition) is 8. The molecule has 0 aromatic heterocycles. The number of hydrogen-bond donors (Lipinski definition) is 0. The van der Waals surface area contributed by atoms with Gasteiger partial charge in [0.25, 0.3) is 7.82 Å². The summed E-state index contributed by atoms with van der Waals surface area (Å²) in [4.78, 5) is 37.4. The summed E-state index contributed by atoms with van der Waals surface area (Å²) in [6.45, 7) is 1.99. The number of quaternary nitrogens is 1. The van der Waals surface area contributed by atoms with Crippen molar-refractivity contribution in [1.82, 2.24) is 0 Å². The predicted octanol–water partition coefficient (Wildman–Crippen LogP) is 10.00. The summed E-state index contributed by atoms with van der Waals surface area (Å²) in [5.41, 5.74) is 0. The number of nitrogens with zero attached hydrogens (tertiary/aromatic N) is 1. The topological polar surface area (TPSA) is 111 Å². The van der Waals surface area contributed by atoms with E-state index < -0.39 is 26.5 Å². The molecule has 0 bridgehead atoms. The van der Waals surface area contributed by atoms with E-state index >= 15 is 0 Å². The van der Waals surface area contributed by atoms with Crippen molar-refractivity contribution in [1.29, 1.82) is 0 Å². The molecule has 294 valence electrons. The van der Waals surface area contributed by atoms with E-state index in [-0.39, 0.29) is 32.0 Å². The highest BCUT2D eigenvalue weighted by molar-refractivity contribution is 7.45. The van der Waals surface area contributed by atoms with Crippen molar-refractivity contribution in [3.63, 3.8) is 0 Å². The van der Waals surface area contributed by atoms with E-state index in [1.165, 1.54) is 116 Å². The van der Waals surface area contributed by atoms with Crippen molar-refractivity contribution in [3.8, 4) is 0 Å². The maximum atomic E-state index is 12.6. The Morgan fingerprint density at radius 2 is 1.22 bits per heavy atom. The lowest BCUT2D eigenvalue weighted by Crippen LogP contribution is -2.37. The van der Waals surface area contributed by atoms with Gasteiger partial charge in [-0.15, -0.1) is 0 Å². The Hall–Kier alpha value is -1.25. The summed E-state index contributed by atoms with van der Waals surface area (Å²) in [6, 6.07) is 0. The number of carbonyl (C=O) groups excluding carboxylic acids is 2. The number of carbonyl (C=O) groups is 2. The third-order valence-corrected chi connectivity index (χ3v) is 10.4. The second-order valence-corrected chi connectivity index (χ2v) is 16.9. The molecule has 1 aliphatic carbocycles. The third-order valence-electron chi connectivity index (χ3n) is 9.46. The molecule has 0 aromatic rings. The quantitative estimate of drug-likeness (QED) is 0.0208. The molecule has 0 fully saturated rings. The van der Waals surface area contributed by atoms with Crippen LogP contribution < -0.4 is 4.89 Å². The van der Waals surface area contributed by atoms with Gasteiger partial charge in [0.05, 0.1) is 27.7 Å². The van der Waals surface area contributed by atoms with Gasteiger partial charge in [-0.25, -0.2) is 0 Å². The zero-order valence-corrected chi connectivity index (χ0v) is 33.6. The van der Waals surface area contributed by atoms with Crippen LogP contribution in [0.25, 0.3) is 0 Å². The van der Waals surface area contributed by atoms with Crippen molar-refractivity contribution in [3.05, 3.63) is 12.2 Å². The molecule has 0 aliphatic heterocycles. The van der Waals surface area contributed by atoms with E-state index in [9.17, 15) is 19.0 Å². The minimum absolute atomic E-state index is 0.0268. The van der Waals surface area contributed by atoms with E-state index in [4.69, 9.17) is 18.5 Å². The van der Waals surface area contributed by atoms with Crippen LogP contribution in [0, 0.1) is 5.92 Å². The summed E-state index contributed by atoms with van der Waals surface area (Å²) in [5, 5.41) is 0. The SMILES string of the molecule is CCCCCCCCCCCCCCCC(=O)O[C@H](COC(=O)CCCCCCCCCC[C@H]1C=CCC1)COP(=O)([O-])OCC[N+](C)(C)C. The van der Waals surface area contributed by atoms with Gasteiger partial charge in [0, 0.05) is 12.8 Å². The van der Waals surface area contributed by atoms with E-state index in [1.54, 1.807) is 0 Å². The van der Waals surface area contributed by atoms with Crippen LogP contribution >= 0.6 is 7.82 Å². The summed E-state index contributed by atoms with van der Waals surface area (Å²) in [6.07, 6.45) is 32.9. The Balaban J connectivity index is 2.28. The van der Waals surface area contributed by atoms with Crippen molar-refractivity contribution >= 4 is 19.8 Å². The maximum Gasteiger partial charge on any atom is 0.306 e. The van der Waals surface area contributed by atoms with Crippen LogP contribution in [0.5, 0.6) is 0 Å². The second-order valence-electron chi connectivity index (χ2n) is 15.5. The number of ether oxygens (including phenoxy) is 2. The normalized spacial score (nSPS) is 16.4. The highest BCUT2D eigenvalue weighted by Crippen LogP contribution is 2.38. The second kappa shape index (κ2) is 30.2. The van der Waals surface area contributed by atoms with Gasteiger partial charge in [-0.1, -0.05) is 141 Å². The lowest BCUT2D eigenvalue weighted by atomic mass is 9.99. The molecule has 3 atom stereocenters.